The highest BCUT2D eigenvalue weighted by Gasteiger charge is 2.20. The van der Waals surface area contributed by atoms with E-state index >= 15 is 0 Å². The molecule has 0 aliphatic carbocycles. The van der Waals surface area contributed by atoms with Crippen LogP contribution in [-0.2, 0) is 16.0 Å². The van der Waals surface area contributed by atoms with Crippen LogP contribution in [0.3, 0.4) is 0 Å². The van der Waals surface area contributed by atoms with Gasteiger partial charge in [-0.05, 0) is 17.7 Å². The van der Waals surface area contributed by atoms with Gasteiger partial charge < -0.3 is 15.2 Å². The van der Waals surface area contributed by atoms with Crippen LogP contribution in [0.4, 0.5) is 0 Å². The van der Waals surface area contributed by atoms with E-state index in [1.165, 1.54) is 0 Å². The molecule has 1 unspecified atom stereocenters. The molecule has 86 valence electrons. The summed E-state index contributed by atoms with van der Waals surface area (Å²) in [4.78, 5) is 11.9. The molecular weight excluding hydrogens is 206 g/mol. The number of phenols is 1. The Bertz CT molecular complexity index is 372. The summed E-state index contributed by atoms with van der Waals surface area (Å²) in [6.45, 7) is 1.82. The Morgan fingerprint density at radius 2 is 2.44 bits per heavy atom. The van der Waals surface area contributed by atoms with Gasteiger partial charge in [0.1, 0.15) is 5.75 Å². The van der Waals surface area contributed by atoms with E-state index in [0.717, 1.165) is 12.1 Å². The minimum Gasteiger partial charge on any atom is -0.508 e. The van der Waals surface area contributed by atoms with E-state index in [4.69, 9.17) is 4.74 Å². The summed E-state index contributed by atoms with van der Waals surface area (Å²) in [5.41, 5.74) is 0.831. The number of aromatic hydroxyl groups is 1. The van der Waals surface area contributed by atoms with Crippen molar-refractivity contribution in [3.8, 4) is 5.75 Å². The van der Waals surface area contributed by atoms with E-state index in [1.54, 1.807) is 18.2 Å². The van der Waals surface area contributed by atoms with Crippen LogP contribution in [0, 0.1) is 0 Å². The summed E-state index contributed by atoms with van der Waals surface area (Å²) >= 11 is 0. The molecule has 4 nitrogen and oxygen atoms in total. The number of carbonyl (C=O) groups is 1. The molecule has 1 fully saturated rings. The fourth-order valence-corrected chi connectivity index (χ4v) is 1.76. The predicted octanol–water partition coefficient (Wildman–Crippen LogP) is 0.492. The quantitative estimate of drug-likeness (QED) is 0.780. The average Bonchev–Trinajstić information content (AvgIpc) is 2.30. The van der Waals surface area contributed by atoms with Crippen molar-refractivity contribution in [2.75, 3.05) is 19.8 Å². The topological polar surface area (TPSA) is 58.6 Å². The Hall–Kier alpha value is -1.39. The van der Waals surface area contributed by atoms with Gasteiger partial charge in [0.25, 0.3) is 0 Å². The van der Waals surface area contributed by atoms with E-state index in [1.807, 2.05) is 6.07 Å². The molecule has 0 saturated carbocycles. The second-order valence-corrected chi connectivity index (χ2v) is 3.89. The second kappa shape index (κ2) is 5.09. The zero-order valence-electron chi connectivity index (χ0n) is 8.98. The van der Waals surface area contributed by atoms with Crippen LogP contribution in [0.5, 0.6) is 5.75 Å². The number of hydrogen-bond donors (Lipinski definition) is 2. The first-order valence-corrected chi connectivity index (χ1v) is 5.37. The molecule has 4 heteroatoms. The highest BCUT2D eigenvalue weighted by Crippen LogP contribution is 2.12. The third-order valence-corrected chi connectivity index (χ3v) is 2.60. The van der Waals surface area contributed by atoms with Crippen molar-refractivity contribution in [2.24, 2.45) is 0 Å². The minimum absolute atomic E-state index is 0.102. The zero-order valence-corrected chi connectivity index (χ0v) is 8.98. The van der Waals surface area contributed by atoms with Crippen LogP contribution in [0.2, 0.25) is 0 Å². The third-order valence-electron chi connectivity index (χ3n) is 2.60. The van der Waals surface area contributed by atoms with Crippen LogP contribution >= 0.6 is 0 Å². The Balaban J connectivity index is 1.96. The average molecular weight is 221 g/mol. The summed E-state index contributed by atoms with van der Waals surface area (Å²) < 4.78 is 5.23. The number of nitrogens with one attached hydrogen (secondary N) is 1. The van der Waals surface area contributed by atoms with Crippen LogP contribution < -0.4 is 5.32 Å². The standard InChI is InChI=1S/C12H15NO3/c14-10-3-1-2-9(6-10)7-12(15)11-8-16-5-4-13-11/h1-3,6,11,13-14H,4-5,7-8H2. The molecule has 1 aliphatic rings. The summed E-state index contributed by atoms with van der Waals surface area (Å²) in [5, 5.41) is 12.4. The van der Waals surface area contributed by atoms with Crippen molar-refractivity contribution < 1.29 is 14.6 Å². The van der Waals surface area contributed by atoms with Crippen molar-refractivity contribution in [1.82, 2.24) is 5.32 Å². The molecule has 0 spiro atoms. The fraction of sp³-hybridized carbons (Fsp3) is 0.417. The van der Waals surface area contributed by atoms with Gasteiger partial charge in [-0.3, -0.25) is 4.79 Å². The molecular formula is C12H15NO3. The first-order chi connectivity index (χ1) is 7.75. The SMILES string of the molecule is O=C(Cc1cccc(O)c1)C1COCCN1. The highest BCUT2D eigenvalue weighted by atomic mass is 16.5. The monoisotopic (exact) mass is 221 g/mol. The number of morpholine rings is 1. The molecule has 0 amide bonds. The number of hydrogen-bond acceptors (Lipinski definition) is 4. The molecule has 1 aliphatic heterocycles. The molecule has 1 heterocycles. The lowest BCUT2D eigenvalue weighted by atomic mass is 10.0. The second-order valence-electron chi connectivity index (χ2n) is 3.89. The Morgan fingerprint density at radius 3 is 3.12 bits per heavy atom. The number of rotatable bonds is 3. The Labute approximate surface area is 94.2 Å². The number of phenolic OH excluding ortho intramolecular Hbond substituents is 1. The summed E-state index contributed by atoms with van der Waals surface area (Å²) in [6, 6.07) is 6.57. The predicted molar refractivity (Wildman–Crippen MR) is 59.4 cm³/mol. The van der Waals surface area contributed by atoms with E-state index in [2.05, 4.69) is 5.32 Å². The maximum atomic E-state index is 11.9. The summed E-state index contributed by atoms with van der Waals surface area (Å²) in [5.74, 6) is 0.295. The summed E-state index contributed by atoms with van der Waals surface area (Å²) in [7, 11) is 0. The molecule has 1 aromatic carbocycles. The summed E-state index contributed by atoms with van der Waals surface area (Å²) in [6.07, 6.45) is 0.329. The maximum absolute atomic E-state index is 11.9. The van der Waals surface area contributed by atoms with Gasteiger partial charge in [-0.1, -0.05) is 12.1 Å². The molecule has 1 atom stereocenters. The van der Waals surface area contributed by atoms with Crippen molar-refractivity contribution in [3.05, 3.63) is 29.8 Å². The van der Waals surface area contributed by atoms with Gasteiger partial charge in [0.2, 0.25) is 0 Å². The van der Waals surface area contributed by atoms with Crippen LogP contribution in [0.1, 0.15) is 5.56 Å². The van der Waals surface area contributed by atoms with E-state index < -0.39 is 0 Å². The minimum atomic E-state index is -0.212. The lowest BCUT2D eigenvalue weighted by molar-refractivity contribution is -0.123. The third kappa shape index (κ3) is 2.81. The number of benzene rings is 1. The van der Waals surface area contributed by atoms with Crippen molar-refractivity contribution in [1.29, 1.82) is 0 Å². The zero-order chi connectivity index (χ0) is 11.4. The lowest BCUT2D eigenvalue weighted by Crippen LogP contribution is -2.47. The van der Waals surface area contributed by atoms with E-state index in [9.17, 15) is 9.90 Å². The number of Topliss-reactive ketones (excluding diaryl/α,β-unsaturated/α-hetero) is 1. The highest BCUT2D eigenvalue weighted by molar-refractivity contribution is 5.86. The molecule has 2 N–H and O–H groups in total. The van der Waals surface area contributed by atoms with Gasteiger partial charge in [0, 0.05) is 13.0 Å². The molecule has 16 heavy (non-hydrogen) atoms. The van der Waals surface area contributed by atoms with Gasteiger partial charge in [-0.2, -0.15) is 0 Å². The van der Waals surface area contributed by atoms with Crippen LogP contribution in [-0.4, -0.2) is 36.7 Å². The molecule has 0 bridgehead atoms. The van der Waals surface area contributed by atoms with Gasteiger partial charge >= 0.3 is 0 Å². The molecule has 1 saturated heterocycles. The number of ether oxygens (including phenoxy) is 1. The normalized spacial score (nSPS) is 20.6. The molecule has 0 radical (unpaired) electrons. The van der Waals surface area contributed by atoms with E-state index in [0.29, 0.717) is 19.6 Å². The Morgan fingerprint density at radius 1 is 1.56 bits per heavy atom. The van der Waals surface area contributed by atoms with Crippen molar-refractivity contribution in [3.63, 3.8) is 0 Å². The van der Waals surface area contributed by atoms with Crippen molar-refractivity contribution >= 4 is 5.78 Å². The van der Waals surface area contributed by atoms with Gasteiger partial charge in [0.15, 0.2) is 5.78 Å². The maximum Gasteiger partial charge on any atom is 0.156 e. The first-order valence-electron chi connectivity index (χ1n) is 5.37. The Kier molecular flexibility index (Phi) is 3.54. The van der Waals surface area contributed by atoms with E-state index in [-0.39, 0.29) is 17.6 Å². The number of ketones is 1. The molecule has 0 aromatic heterocycles. The van der Waals surface area contributed by atoms with Crippen LogP contribution in [0.15, 0.2) is 24.3 Å². The number of carbonyl (C=O) groups excluding carboxylic acids is 1. The van der Waals surface area contributed by atoms with Crippen molar-refractivity contribution in [2.45, 2.75) is 12.5 Å². The van der Waals surface area contributed by atoms with Gasteiger partial charge in [-0.25, -0.2) is 0 Å². The molecule has 1 aromatic rings. The largest absolute Gasteiger partial charge is 0.508 e. The van der Waals surface area contributed by atoms with Crippen LogP contribution in [0.25, 0.3) is 0 Å². The van der Waals surface area contributed by atoms with Gasteiger partial charge in [0.05, 0.1) is 19.3 Å². The molecule has 2 rings (SSSR count). The lowest BCUT2D eigenvalue weighted by Gasteiger charge is -2.22. The van der Waals surface area contributed by atoms with Gasteiger partial charge in [-0.15, -0.1) is 0 Å². The smallest absolute Gasteiger partial charge is 0.156 e. The first kappa shape index (κ1) is 11.1. The fourth-order valence-electron chi connectivity index (χ4n) is 1.76.